The quantitative estimate of drug-likeness (QED) is 0.619. The first-order valence-corrected chi connectivity index (χ1v) is 5.10. The molecule has 0 aliphatic rings. The Hall–Kier alpha value is -2.16. The van der Waals surface area contributed by atoms with Gasteiger partial charge >= 0.3 is 0 Å². The average molecular weight is 210 g/mol. The first kappa shape index (κ1) is 9.09. The van der Waals surface area contributed by atoms with Crippen LogP contribution in [0, 0.1) is 6.92 Å². The minimum Gasteiger partial charge on any atom is -0.464 e. The maximum atomic E-state index is 5.30. The van der Waals surface area contributed by atoms with Crippen molar-refractivity contribution in [3.8, 4) is 11.3 Å². The summed E-state index contributed by atoms with van der Waals surface area (Å²) in [4.78, 5) is 8.58. The van der Waals surface area contributed by atoms with Crippen LogP contribution < -0.4 is 0 Å². The van der Waals surface area contributed by atoms with Crippen LogP contribution in [0.4, 0.5) is 0 Å². The highest BCUT2D eigenvalue weighted by Crippen LogP contribution is 2.24. The summed E-state index contributed by atoms with van der Waals surface area (Å²) in [5.41, 5.74) is 3.82. The van der Waals surface area contributed by atoms with Gasteiger partial charge in [-0.1, -0.05) is 0 Å². The van der Waals surface area contributed by atoms with Gasteiger partial charge in [0, 0.05) is 23.3 Å². The van der Waals surface area contributed by atoms with Crippen molar-refractivity contribution in [2.45, 2.75) is 6.92 Å². The van der Waals surface area contributed by atoms with Crippen LogP contribution in [-0.2, 0) is 0 Å². The van der Waals surface area contributed by atoms with Crippen molar-refractivity contribution in [1.29, 1.82) is 0 Å². The maximum Gasteiger partial charge on any atom is 0.133 e. The van der Waals surface area contributed by atoms with Crippen LogP contribution in [0.15, 0.2) is 47.3 Å². The lowest BCUT2D eigenvalue weighted by molar-refractivity contribution is 0.616. The summed E-state index contributed by atoms with van der Waals surface area (Å²) in [6.45, 7) is 1.96. The molecule has 0 saturated carbocycles. The van der Waals surface area contributed by atoms with Gasteiger partial charge in [-0.3, -0.25) is 9.97 Å². The van der Waals surface area contributed by atoms with Gasteiger partial charge in [0.15, 0.2) is 0 Å². The third-order valence-electron chi connectivity index (χ3n) is 2.61. The predicted molar refractivity (Wildman–Crippen MR) is 62.0 cm³/mol. The molecule has 3 rings (SSSR count). The molecular formula is C13H10N2O. The van der Waals surface area contributed by atoms with Gasteiger partial charge in [-0.25, -0.2) is 0 Å². The fraction of sp³-hybridized carbons (Fsp3) is 0.0769. The number of fused-ring (bicyclic) bond motifs is 1. The lowest BCUT2D eigenvalue weighted by atomic mass is 10.1. The highest BCUT2D eigenvalue weighted by atomic mass is 16.3. The second-order valence-corrected chi connectivity index (χ2v) is 3.66. The molecule has 78 valence electrons. The molecule has 0 atom stereocenters. The van der Waals surface area contributed by atoms with Gasteiger partial charge in [-0.15, -0.1) is 0 Å². The van der Waals surface area contributed by atoms with Gasteiger partial charge in [-0.2, -0.15) is 0 Å². The molecule has 3 heteroatoms. The van der Waals surface area contributed by atoms with E-state index in [1.165, 1.54) is 0 Å². The van der Waals surface area contributed by atoms with Crippen LogP contribution in [0.3, 0.4) is 0 Å². The van der Waals surface area contributed by atoms with E-state index in [-0.39, 0.29) is 0 Å². The molecule has 0 bridgehead atoms. The molecule has 0 aliphatic carbocycles. The lowest BCUT2D eigenvalue weighted by Crippen LogP contribution is -1.90. The molecule has 0 N–H and O–H groups in total. The Morgan fingerprint density at radius 3 is 2.81 bits per heavy atom. The number of furan rings is 1. The molecular weight excluding hydrogens is 200 g/mol. The van der Waals surface area contributed by atoms with E-state index in [9.17, 15) is 0 Å². The Kier molecular flexibility index (Phi) is 1.96. The average Bonchev–Trinajstić information content (AvgIpc) is 2.76. The fourth-order valence-corrected chi connectivity index (χ4v) is 1.80. The summed E-state index contributed by atoms with van der Waals surface area (Å²) in [6.07, 6.45) is 5.11. The first-order chi connectivity index (χ1) is 7.84. The van der Waals surface area contributed by atoms with Crippen molar-refractivity contribution in [3.63, 3.8) is 0 Å². The van der Waals surface area contributed by atoms with Gasteiger partial charge in [0.25, 0.3) is 0 Å². The number of nitrogens with zero attached hydrogens (tertiary/aromatic N) is 2. The molecule has 0 unspecified atom stereocenters. The molecule has 2 heterocycles. The van der Waals surface area contributed by atoms with Crippen molar-refractivity contribution >= 4 is 11.0 Å². The zero-order valence-corrected chi connectivity index (χ0v) is 8.84. The van der Waals surface area contributed by atoms with Crippen LogP contribution >= 0.6 is 0 Å². The monoisotopic (exact) mass is 210 g/mol. The SMILES string of the molecule is Cc1nccnc1-c1ccc2occc2c1. The van der Waals surface area contributed by atoms with Crippen molar-refractivity contribution in [2.24, 2.45) is 0 Å². The molecule has 0 amide bonds. The summed E-state index contributed by atoms with van der Waals surface area (Å²) >= 11 is 0. The first-order valence-electron chi connectivity index (χ1n) is 5.10. The summed E-state index contributed by atoms with van der Waals surface area (Å²) in [6, 6.07) is 7.97. The lowest BCUT2D eigenvalue weighted by Gasteiger charge is -2.03. The van der Waals surface area contributed by atoms with E-state index in [0.717, 1.165) is 27.9 Å². The van der Waals surface area contributed by atoms with Gasteiger partial charge in [0.1, 0.15) is 5.58 Å². The summed E-state index contributed by atoms with van der Waals surface area (Å²) in [7, 11) is 0. The third-order valence-corrected chi connectivity index (χ3v) is 2.61. The molecule has 3 aromatic rings. The molecule has 0 saturated heterocycles. The van der Waals surface area contributed by atoms with Crippen LogP contribution in [0.5, 0.6) is 0 Å². The van der Waals surface area contributed by atoms with E-state index in [1.54, 1.807) is 18.7 Å². The van der Waals surface area contributed by atoms with E-state index < -0.39 is 0 Å². The third kappa shape index (κ3) is 1.37. The normalized spacial score (nSPS) is 10.8. The molecule has 16 heavy (non-hydrogen) atoms. The van der Waals surface area contributed by atoms with Crippen LogP contribution in [0.25, 0.3) is 22.2 Å². The zero-order valence-electron chi connectivity index (χ0n) is 8.84. The van der Waals surface area contributed by atoms with E-state index in [1.807, 2.05) is 25.1 Å². The van der Waals surface area contributed by atoms with Gasteiger partial charge < -0.3 is 4.42 Å². The van der Waals surface area contributed by atoms with Gasteiger partial charge in [0.05, 0.1) is 17.7 Å². The summed E-state index contributed by atoms with van der Waals surface area (Å²) in [5, 5.41) is 1.09. The smallest absolute Gasteiger partial charge is 0.133 e. The highest BCUT2D eigenvalue weighted by molar-refractivity contribution is 5.82. The molecule has 3 nitrogen and oxygen atoms in total. The molecule has 1 aromatic carbocycles. The van der Waals surface area contributed by atoms with Gasteiger partial charge in [-0.05, 0) is 31.2 Å². The number of aryl methyl sites for hydroxylation is 1. The Balaban J connectivity index is 2.22. The molecule has 0 spiro atoms. The second kappa shape index (κ2) is 3.45. The summed E-state index contributed by atoms with van der Waals surface area (Å²) < 4.78 is 5.30. The van der Waals surface area contributed by atoms with Crippen molar-refractivity contribution in [2.75, 3.05) is 0 Å². The largest absolute Gasteiger partial charge is 0.464 e. The number of hydrogen-bond donors (Lipinski definition) is 0. The van der Waals surface area contributed by atoms with Crippen LogP contribution in [-0.4, -0.2) is 9.97 Å². The summed E-state index contributed by atoms with van der Waals surface area (Å²) in [5.74, 6) is 0. The zero-order chi connectivity index (χ0) is 11.0. The Morgan fingerprint density at radius 2 is 1.94 bits per heavy atom. The van der Waals surface area contributed by atoms with Crippen molar-refractivity contribution < 1.29 is 4.42 Å². The van der Waals surface area contributed by atoms with E-state index in [0.29, 0.717) is 0 Å². The van der Waals surface area contributed by atoms with Crippen molar-refractivity contribution in [3.05, 3.63) is 48.6 Å². The Morgan fingerprint density at radius 1 is 1.06 bits per heavy atom. The number of hydrogen-bond acceptors (Lipinski definition) is 3. The minimum atomic E-state index is 0.894. The molecule has 0 aliphatic heterocycles. The van der Waals surface area contributed by atoms with Crippen LogP contribution in [0.1, 0.15) is 5.69 Å². The predicted octanol–water partition coefficient (Wildman–Crippen LogP) is 3.20. The maximum absolute atomic E-state index is 5.30. The highest BCUT2D eigenvalue weighted by Gasteiger charge is 2.05. The standard InChI is InChI=1S/C13H10N2O/c1-9-13(15-6-5-14-9)11-2-3-12-10(8-11)4-7-16-12/h2-8H,1H3. The topological polar surface area (TPSA) is 38.9 Å². The Bertz CT molecular complexity index is 643. The van der Waals surface area contributed by atoms with Gasteiger partial charge in [0.2, 0.25) is 0 Å². The Labute approximate surface area is 92.8 Å². The molecule has 2 aromatic heterocycles. The van der Waals surface area contributed by atoms with E-state index in [2.05, 4.69) is 16.0 Å². The molecule has 0 fully saturated rings. The molecule has 0 radical (unpaired) electrons. The second-order valence-electron chi connectivity index (χ2n) is 3.66. The van der Waals surface area contributed by atoms with Crippen LogP contribution in [0.2, 0.25) is 0 Å². The van der Waals surface area contributed by atoms with E-state index in [4.69, 9.17) is 4.42 Å². The minimum absolute atomic E-state index is 0.894. The number of benzene rings is 1. The van der Waals surface area contributed by atoms with Crippen molar-refractivity contribution in [1.82, 2.24) is 9.97 Å². The van der Waals surface area contributed by atoms with E-state index >= 15 is 0 Å². The fourth-order valence-electron chi connectivity index (χ4n) is 1.80. The number of rotatable bonds is 1. The number of aromatic nitrogens is 2.